The third kappa shape index (κ3) is 3.62. The Balaban J connectivity index is 1.65. The van der Waals surface area contributed by atoms with Crippen LogP contribution in [0.25, 0.3) is 0 Å². The minimum Gasteiger partial charge on any atom is -0.326 e. The van der Waals surface area contributed by atoms with Crippen LogP contribution in [0.5, 0.6) is 0 Å². The van der Waals surface area contributed by atoms with E-state index < -0.39 is 10.0 Å². The third-order valence-electron chi connectivity index (χ3n) is 4.45. The molecule has 0 saturated heterocycles. The van der Waals surface area contributed by atoms with Gasteiger partial charge in [-0.05, 0) is 48.2 Å². The summed E-state index contributed by atoms with van der Waals surface area (Å²) in [5.74, 6) is -0.909. The van der Waals surface area contributed by atoms with Crippen molar-refractivity contribution in [2.45, 2.75) is 17.2 Å². The average Bonchev–Trinajstić information content (AvgIpc) is 3.42. The Morgan fingerprint density at radius 2 is 1.85 bits per heavy atom. The zero-order valence-electron chi connectivity index (χ0n) is 14.3. The molecule has 26 heavy (non-hydrogen) atoms. The number of halogens is 1. The van der Waals surface area contributed by atoms with Crippen LogP contribution in [-0.2, 0) is 19.7 Å². The van der Waals surface area contributed by atoms with Crippen molar-refractivity contribution in [2.75, 3.05) is 19.5 Å². The number of amides is 1. The highest BCUT2D eigenvalue weighted by Gasteiger charge is 2.45. The van der Waals surface area contributed by atoms with E-state index in [4.69, 9.17) is 4.84 Å². The summed E-state index contributed by atoms with van der Waals surface area (Å²) in [6.07, 6.45) is 0.595. The van der Waals surface area contributed by atoms with Gasteiger partial charge >= 0.3 is 0 Å². The van der Waals surface area contributed by atoms with Crippen molar-refractivity contribution < 1.29 is 22.4 Å². The maximum Gasteiger partial charge on any atom is 0.264 e. The molecule has 2 aromatic carbocycles. The fourth-order valence-corrected chi connectivity index (χ4v) is 3.77. The molecule has 2 aromatic rings. The van der Waals surface area contributed by atoms with Gasteiger partial charge in [-0.1, -0.05) is 22.7 Å². The first-order valence-corrected chi connectivity index (χ1v) is 9.47. The SMILES string of the molecule is CON(C)S(=O)(=O)c1ccc(NC(=O)C2CC2c2ccccc2F)cc1. The Morgan fingerprint density at radius 1 is 1.19 bits per heavy atom. The van der Waals surface area contributed by atoms with Crippen LogP contribution in [0.1, 0.15) is 17.9 Å². The highest BCUT2D eigenvalue weighted by molar-refractivity contribution is 7.89. The molecule has 3 rings (SSSR count). The molecule has 1 N–H and O–H groups in total. The van der Waals surface area contributed by atoms with Gasteiger partial charge in [0.25, 0.3) is 10.0 Å². The summed E-state index contributed by atoms with van der Waals surface area (Å²) in [6, 6.07) is 12.2. The summed E-state index contributed by atoms with van der Waals surface area (Å²) in [5, 5.41) is 2.74. The molecule has 1 amide bonds. The Hall–Kier alpha value is -2.29. The molecule has 0 aromatic heterocycles. The molecule has 0 aliphatic heterocycles. The minimum absolute atomic E-state index is 0.0514. The molecule has 0 spiro atoms. The zero-order valence-corrected chi connectivity index (χ0v) is 15.2. The van der Waals surface area contributed by atoms with Gasteiger partial charge in [-0.3, -0.25) is 9.63 Å². The van der Waals surface area contributed by atoms with E-state index in [2.05, 4.69) is 5.32 Å². The molecule has 1 saturated carbocycles. The van der Waals surface area contributed by atoms with Gasteiger partial charge in [-0.15, -0.1) is 0 Å². The van der Waals surface area contributed by atoms with E-state index in [0.29, 0.717) is 17.7 Å². The molecule has 6 nitrogen and oxygen atoms in total. The van der Waals surface area contributed by atoms with Crippen molar-refractivity contribution in [3.63, 3.8) is 0 Å². The second kappa shape index (κ2) is 7.14. The molecular weight excluding hydrogens is 359 g/mol. The van der Waals surface area contributed by atoms with E-state index in [-0.39, 0.29) is 28.5 Å². The lowest BCUT2D eigenvalue weighted by Gasteiger charge is -2.14. The maximum atomic E-state index is 13.8. The summed E-state index contributed by atoms with van der Waals surface area (Å²) in [4.78, 5) is 17.1. The maximum absolute atomic E-state index is 13.8. The van der Waals surface area contributed by atoms with Crippen molar-refractivity contribution >= 4 is 21.6 Å². The van der Waals surface area contributed by atoms with Crippen molar-refractivity contribution in [2.24, 2.45) is 5.92 Å². The van der Waals surface area contributed by atoms with Crippen molar-refractivity contribution in [1.82, 2.24) is 4.47 Å². The molecule has 1 aliphatic carbocycles. The van der Waals surface area contributed by atoms with Crippen LogP contribution in [0, 0.1) is 11.7 Å². The summed E-state index contributed by atoms with van der Waals surface area (Å²) in [6.45, 7) is 0. The van der Waals surface area contributed by atoms with E-state index in [1.165, 1.54) is 44.5 Å². The fourth-order valence-electron chi connectivity index (χ4n) is 2.80. The second-order valence-electron chi connectivity index (χ2n) is 6.08. The highest BCUT2D eigenvalue weighted by Crippen LogP contribution is 2.48. The first-order valence-electron chi connectivity index (χ1n) is 8.03. The van der Waals surface area contributed by atoms with E-state index >= 15 is 0 Å². The molecule has 1 fully saturated rings. The van der Waals surface area contributed by atoms with Gasteiger partial charge in [0.15, 0.2) is 0 Å². The molecular formula is C18H19FN2O4S. The number of hydrogen-bond donors (Lipinski definition) is 1. The van der Waals surface area contributed by atoms with Crippen LogP contribution < -0.4 is 5.32 Å². The first kappa shape index (κ1) is 18.5. The van der Waals surface area contributed by atoms with E-state index in [0.717, 1.165) is 4.47 Å². The number of nitrogens with one attached hydrogen (secondary N) is 1. The van der Waals surface area contributed by atoms with Crippen LogP contribution >= 0.6 is 0 Å². The van der Waals surface area contributed by atoms with Gasteiger partial charge in [0.2, 0.25) is 5.91 Å². The lowest BCUT2D eigenvalue weighted by atomic mass is 10.1. The van der Waals surface area contributed by atoms with Gasteiger partial charge in [-0.2, -0.15) is 0 Å². The molecule has 0 radical (unpaired) electrons. The average molecular weight is 378 g/mol. The molecule has 138 valence electrons. The number of hydroxylamine groups is 1. The summed E-state index contributed by atoms with van der Waals surface area (Å²) < 4.78 is 38.8. The van der Waals surface area contributed by atoms with Crippen molar-refractivity contribution in [3.8, 4) is 0 Å². The van der Waals surface area contributed by atoms with Crippen LogP contribution in [0.4, 0.5) is 10.1 Å². The Labute approximate surface area is 151 Å². The van der Waals surface area contributed by atoms with Crippen LogP contribution in [0.2, 0.25) is 0 Å². The smallest absolute Gasteiger partial charge is 0.264 e. The van der Waals surface area contributed by atoms with Gasteiger partial charge in [0.1, 0.15) is 5.82 Å². The number of sulfonamides is 1. The topological polar surface area (TPSA) is 75.7 Å². The third-order valence-corrected chi connectivity index (χ3v) is 6.14. The summed E-state index contributed by atoms with van der Waals surface area (Å²) >= 11 is 0. The Morgan fingerprint density at radius 3 is 2.46 bits per heavy atom. The number of rotatable bonds is 6. The number of carbonyl (C=O) groups excluding carboxylic acids is 1. The van der Waals surface area contributed by atoms with Crippen molar-refractivity contribution in [1.29, 1.82) is 0 Å². The fraction of sp³-hybridized carbons (Fsp3) is 0.278. The minimum atomic E-state index is -3.73. The Bertz CT molecular complexity index is 915. The predicted molar refractivity (Wildman–Crippen MR) is 94.3 cm³/mol. The Kier molecular flexibility index (Phi) is 5.08. The number of nitrogens with zero attached hydrogens (tertiary/aromatic N) is 1. The van der Waals surface area contributed by atoms with Crippen LogP contribution in [0.3, 0.4) is 0 Å². The monoisotopic (exact) mass is 378 g/mol. The zero-order chi connectivity index (χ0) is 18.9. The predicted octanol–water partition coefficient (Wildman–Crippen LogP) is 2.75. The van der Waals surface area contributed by atoms with E-state index in [1.807, 2.05) is 0 Å². The summed E-state index contributed by atoms with van der Waals surface area (Å²) in [5.41, 5.74) is 1.03. The van der Waals surface area contributed by atoms with Crippen molar-refractivity contribution in [3.05, 3.63) is 59.9 Å². The largest absolute Gasteiger partial charge is 0.326 e. The number of anilines is 1. The molecule has 0 heterocycles. The summed E-state index contributed by atoms with van der Waals surface area (Å²) in [7, 11) is -1.18. The standard InChI is InChI=1S/C18H19FN2O4S/c1-21(25-2)26(23,24)13-9-7-12(8-10-13)20-18(22)16-11-15(16)14-5-3-4-6-17(14)19/h3-10,15-16H,11H2,1-2H3,(H,20,22). The van der Waals surface area contributed by atoms with E-state index in [1.54, 1.807) is 18.2 Å². The molecule has 1 aliphatic rings. The van der Waals surface area contributed by atoms with Gasteiger partial charge in [-0.25, -0.2) is 12.8 Å². The number of hydrogen-bond acceptors (Lipinski definition) is 4. The van der Waals surface area contributed by atoms with Crippen LogP contribution in [0.15, 0.2) is 53.4 Å². The van der Waals surface area contributed by atoms with Gasteiger partial charge in [0.05, 0.1) is 12.0 Å². The number of benzene rings is 2. The van der Waals surface area contributed by atoms with E-state index in [9.17, 15) is 17.6 Å². The molecule has 8 heteroatoms. The lowest BCUT2D eigenvalue weighted by molar-refractivity contribution is -0.117. The normalized spacial score (nSPS) is 19.4. The lowest BCUT2D eigenvalue weighted by Crippen LogP contribution is -2.25. The molecule has 2 atom stereocenters. The molecule has 2 unspecified atom stereocenters. The molecule has 0 bridgehead atoms. The quantitative estimate of drug-likeness (QED) is 0.785. The van der Waals surface area contributed by atoms with Gasteiger partial charge < -0.3 is 5.32 Å². The first-order chi connectivity index (χ1) is 12.3. The van der Waals surface area contributed by atoms with Crippen LogP contribution in [-0.4, -0.2) is 33.0 Å². The second-order valence-corrected chi connectivity index (χ2v) is 8.02. The number of carbonyl (C=O) groups is 1. The van der Waals surface area contributed by atoms with Gasteiger partial charge in [0, 0.05) is 18.7 Å². The highest BCUT2D eigenvalue weighted by atomic mass is 32.2.